The lowest BCUT2D eigenvalue weighted by Gasteiger charge is -2.17. The van der Waals surface area contributed by atoms with Crippen molar-refractivity contribution in [2.24, 2.45) is 7.05 Å². The molecule has 1 amide bonds. The summed E-state index contributed by atoms with van der Waals surface area (Å²) in [7, 11) is 1.96. The first kappa shape index (κ1) is 14.8. The van der Waals surface area contributed by atoms with E-state index < -0.39 is 0 Å². The minimum Gasteiger partial charge on any atom is -0.352 e. The topological polar surface area (TPSA) is 50.2 Å². The van der Waals surface area contributed by atoms with Crippen LogP contribution in [0.4, 0.5) is 0 Å². The SMILES string of the molecule is CC(=O)NC1CCN(Cc2cccc(-c3ccnn3C)c2)C1. The summed E-state index contributed by atoms with van der Waals surface area (Å²) in [6.45, 7) is 4.46. The van der Waals surface area contributed by atoms with Crippen LogP contribution in [0, 0.1) is 0 Å². The number of amides is 1. The van der Waals surface area contributed by atoms with E-state index >= 15 is 0 Å². The predicted molar refractivity (Wildman–Crippen MR) is 86.1 cm³/mol. The molecule has 1 aliphatic heterocycles. The second kappa shape index (κ2) is 6.32. The maximum Gasteiger partial charge on any atom is 0.217 e. The van der Waals surface area contributed by atoms with Gasteiger partial charge in [0.25, 0.3) is 0 Å². The van der Waals surface area contributed by atoms with Crippen molar-refractivity contribution in [3.8, 4) is 11.3 Å². The number of nitrogens with one attached hydrogen (secondary N) is 1. The van der Waals surface area contributed by atoms with E-state index in [-0.39, 0.29) is 11.9 Å². The number of aryl methyl sites for hydroxylation is 1. The molecule has 1 aromatic heterocycles. The average molecular weight is 298 g/mol. The van der Waals surface area contributed by atoms with Gasteiger partial charge >= 0.3 is 0 Å². The molecule has 0 bridgehead atoms. The highest BCUT2D eigenvalue weighted by molar-refractivity contribution is 5.73. The molecule has 1 fully saturated rings. The molecular weight excluding hydrogens is 276 g/mol. The van der Waals surface area contributed by atoms with Gasteiger partial charge in [-0.3, -0.25) is 14.4 Å². The Hall–Kier alpha value is -2.14. The predicted octanol–water partition coefficient (Wildman–Crippen LogP) is 1.80. The van der Waals surface area contributed by atoms with Crippen molar-refractivity contribution in [2.45, 2.75) is 25.9 Å². The molecule has 1 saturated heterocycles. The van der Waals surface area contributed by atoms with E-state index in [1.165, 1.54) is 11.1 Å². The molecule has 5 heteroatoms. The Morgan fingerprint density at radius 3 is 3.00 bits per heavy atom. The summed E-state index contributed by atoms with van der Waals surface area (Å²) in [6, 6.07) is 10.9. The van der Waals surface area contributed by atoms with E-state index in [0.717, 1.165) is 31.7 Å². The molecule has 3 rings (SSSR count). The minimum atomic E-state index is 0.0602. The van der Waals surface area contributed by atoms with E-state index in [2.05, 4.69) is 39.6 Å². The average Bonchev–Trinajstić information content (AvgIpc) is 3.08. The van der Waals surface area contributed by atoms with Crippen LogP contribution in [0.5, 0.6) is 0 Å². The third kappa shape index (κ3) is 3.36. The molecule has 2 aromatic rings. The Kier molecular flexibility index (Phi) is 4.24. The molecule has 0 saturated carbocycles. The van der Waals surface area contributed by atoms with Crippen LogP contribution in [-0.4, -0.2) is 39.7 Å². The first-order valence-electron chi connectivity index (χ1n) is 7.68. The summed E-state index contributed by atoms with van der Waals surface area (Å²) in [5, 5.41) is 7.24. The summed E-state index contributed by atoms with van der Waals surface area (Å²) in [6.07, 6.45) is 2.85. The van der Waals surface area contributed by atoms with Crippen LogP contribution < -0.4 is 5.32 Å². The van der Waals surface area contributed by atoms with Gasteiger partial charge in [0.2, 0.25) is 5.91 Å². The number of carbonyl (C=O) groups is 1. The standard InChI is InChI=1S/C17H22N4O/c1-13(22)19-16-7-9-21(12-16)11-14-4-3-5-15(10-14)17-6-8-18-20(17)2/h3-6,8,10,16H,7,9,11-12H2,1-2H3,(H,19,22). The van der Waals surface area contributed by atoms with E-state index in [1.54, 1.807) is 6.92 Å². The Morgan fingerprint density at radius 1 is 1.41 bits per heavy atom. The lowest BCUT2D eigenvalue weighted by molar-refractivity contribution is -0.119. The first-order valence-corrected chi connectivity index (χ1v) is 7.68. The molecule has 116 valence electrons. The molecule has 1 unspecified atom stereocenters. The van der Waals surface area contributed by atoms with Crippen LogP contribution in [0.3, 0.4) is 0 Å². The Labute approximate surface area is 130 Å². The highest BCUT2D eigenvalue weighted by atomic mass is 16.1. The molecule has 1 aromatic carbocycles. The molecule has 1 atom stereocenters. The minimum absolute atomic E-state index is 0.0602. The van der Waals surface area contributed by atoms with Gasteiger partial charge in [-0.1, -0.05) is 18.2 Å². The fraction of sp³-hybridized carbons (Fsp3) is 0.412. The van der Waals surface area contributed by atoms with E-state index in [0.29, 0.717) is 0 Å². The summed E-state index contributed by atoms with van der Waals surface area (Å²) < 4.78 is 1.89. The summed E-state index contributed by atoms with van der Waals surface area (Å²) >= 11 is 0. The van der Waals surface area contributed by atoms with Gasteiger partial charge in [-0.15, -0.1) is 0 Å². The van der Waals surface area contributed by atoms with Gasteiger partial charge in [-0.25, -0.2) is 0 Å². The number of hydrogen-bond acceptors (Lipinski definition) is 3. The number of carbonyl (C=O) groups excluding carboxylic acids is 1. The Bertz CT molecular complexity index is 664. The monoisotopic (exact) mass is 298 g/mol. The molecule has 0 aliphatic carbocycles. The highest BCUT2D eigenvalue weighted by Crippen LogP contribution is 2.21. The zero-order valence-electron chi connectivity index (χ0n) is 13.1. The molecule has 1 N–H and O–H groups in total. The van der Waals surface area contributed by atoms with Crippen LogP contribution >= 0.6 is 0 Å². The van der Waals surface area contributed by atoms with Gasteiger partial charge in [-0.2, -0.15) is 5.10 Å². The third-order valence-corrected chi connectivity index (χ3v) is 4.13. The fourth-order valence-corrected chi connectivity index (χ4v) is 3.13. The van der Waals surface area contributed by atoms with Gasteiger partial charge in [0.15, 0.2) is 0 Å². The van der Waals surface area contributed by atoms with Gasteiger partial charge in [0, 0.05) is 51.4 Å². The number of rotatable bonds is 4. The van der Waals surface area contributed by atoms with Crippen LogP contribution in [0.25, 0.3) is 11.3 Å². The lowest BCUT2D eigenvalue weighted by atomic mass is 10.1. The normalized spacial score (nSPS) is 18.5. The smallest absolute Gasteiger partial charge is 0.217 e. The van der Waals surface area contributed by atoms with Crippen LogP contribution in [0.15, 0.2) is 36.5 Å². The number of likely N-dealkylation sites (tertiary alicyclic amines) is 1. The van der Waals surface area contributed by atoms with Crippen molar-refractivity contribution < 1.29 is 4.79 Å². The maximum absolute atomic E-state index is 11.1. The quantitative estimate of drug-likeness (QED) is 0.936. The summed E-state index contributed by atoms with van der Waals surface area (Å²) in [5.41, 5.74) is 3.61. The van der Waals surface area contributed by atoms with Crippen molar-refractivity contribution in [3.63, 3.8) is 0 Å². The molecule has 2 heterocycles. The zero-order valence-corrected chi connectivity index (χ0v) is 13.1. The first-order chi connectivity index (χ1) is 10.6. The molecular formula is C17H22N4O. The summed E-state index contributed by atoms with van der Waals surface area (Å²) in [4.78, 5) is 13.5. The van der Waals surface area contributed by atoms with Crippen LogP contribution in [0.1, 0.15) is 18.9 Å². The Balaban J connectivity index is 1.67. The zero-order chi connectivity index (χ0) is 15.5. The van der Waals surface area contributed by atoms with Gasteiger partial charge in [-0.05, 0) is 24.1 Å². The number of benzene rings is 1. The number of nitrogens with zero attached hydrogens (tertiary/aromatic N) is 3. The lowest BCUT2D eigenvalue weighted by Crippen LogP contribution is -2.35. The fourth-order valence-electron chi connectivity index (χ4n) is 3.13. The van der Waals surface area contributed by atoms with Crippen molar-refractivity contribution in [2.75, 3.05) is 13.1 Å². The molecule has 5 nitrogen and oxygen atoms in total. The van der Waals surface area contributed by atoms with Gasteiger partial charge in [0.05, 0.1) is 5.69 Å². The van der Waals surface area contributed by atoms with Crippen LogP contribution in [0.2, 0.25) is 0 Å². The third-order valence-electron chi connectivity index (χ3n) is 4.13. The van der Waals surface area contributed by atoms with Crippen molar-refractivity contribution >= 4 is 5.91 Å². The maximum atomic E-state index is 11.1. The number of aromatic nitrogens is 2. The summed E-state index contributed by atoms with van der Waals surface area (Å²) in [5.74, 6) is 0.0602. The van der Waals surface area contributed by atoms with Crippen molar-refractivity contribution in [3.05, 3.63) is 42.1 Å². The molecule has 0 spiro atoms. The number of hydrogen-bond donors (Lipinski definition) is 1. The Morgan fingerprint density at radius 2 is 2.27 bits per heavy atom. The molecule has 0 radical (unpaired) electrons. The van der Waals surface area contributed by atoms with E-state index in [4.69, 9.17) is 0 Å². The molecule has 1 aliphatic rings. The van der Waals surface area contributed by atoms with Gasteiger partial charge in [0.1, 0.15) is 0 Å². The molecule has 22 heavy (non-hydrogen) atoms. The van der Waals surface area contributed by atoms with E-state index in [1.807, 2.05) is 24.0 Å². The van der Waals surface area contributed by atoms with E-state index in [9.17, 15) is 4.79 Å². The van der Waals surface area contributed by atoms with Crippen molar-refractivity contribution in [1.82, 2.24) is 20.0 Å². The van der Waals surface area contributed by atoms with Gasteiger partial charge < -0.3 is 5.32 Å². The second-order valence-electron chi connectivity index (χ2n) is 5.96. The largest absolute Gasteiger partial charge is 0.352 e. The van der Waals surface area contributed by atoms with Crippen molar-refractivity contribution in [1.29, 1.82) is 0 Å². The highest BCUT2D eigenvalue weighted by Gasteiger charge is 2.22. The van der Waals surface area contributed by atoms with Crippen LogP contribution in [-0.2, 0) is 18.4 Å². The second-order valence-corrected chi connectivity index (χ2v) is 5.96.